The molecular formula is C15H8BrN3S. The number of aromatic nitrogens is 2. The first-order valence-electron chi connectivity index (χ1n) is 5.85. The van der Waals surface area contributed by atoms with Crippen molar-refractivity contribution in [3.63, 3.8) is 0 Å². The Balaban J connectivity index is 2.04. The monoisotopic (exact) mass is 341 g/mol. The number of para-hydroxylation sites is 1. The second kappa shape index (κ2) is 5.61. The topological polar surface area (TPSA) is 49.6 Å². The Morgan fingerprint density at radius 1 is 1.10 bits per heavy atom. The van der Waals surface area contributed by atoms with E-state index < -0.39 is 0 Å². The van der Waals surface area contributed by atoms with E-state index in [1.807, 2.05) is 36.4 Å². The van der Waals surface area contributed by atoms with Crippen molar-refractivity contribution in [2.75, 3.05) is 0 Å². The maximum absolute atomic E-state index is 9.25. The van der Waals surface area contributed by atoms with E-state index in [1.54, 1.807) is 12.3 Å². The van der Waals surface area contributed by atoms with Crippen molar-refractivity contribution < 1.29 is 0 Å². The molecule has 0 radical (unpaired) electrons. The predicted molar refractivity (Wildman–Crippen MR) is 82.5 cm³/mol. The number of hydrogen-bond acceptors (Lipinski definition) is 4. The van der Waals surface area contributed by atoms with Crippen LogP contribution in [-0.2, 0) is 0 Å². The van der Waals surface area contributed by atoms with Gasteiger partial charge in [0.1, 0.15) is 10.1 Å². The van der Waals surface area contributed by atoms with E-state index in [0.717, 1.165) is 25.4 Å². The van der Waals surface area contributed by atoms with Gasteiger partial charge in [-0.25, -0.2) is 9.97 Å². The molecule has 3 aromatic rings. The molecule has 0 aliphatic heterocycles. The first-order chi connectivity index (χ1) is 9.76. The van der Waals surface area contributed by atoms with Crippen LogP contribution in [0.5, 0.6) is 0 Å². The van der Waals surface area contributed by atoms with Crippen molar-refractivity contribution in [1.29, 1.82) is 5.26 Å². The van der Waals surface area contributed by atoms with Gasteiger partial charge in [0.15, 0.2) is 0 Å². The molecule has 0 aliphatic rings. The number of benzene rings is 1. The van der Waals surface area contributed by atoms with Gasteiger partial charge in [0.05, 0.1) is 17.1 Å². The second-order valence-corrected chi connectivity index (χ2v) is 6.01. The molecule has 5 heteroatoms. The summed E-state index contributed by atoms with van der Waals surface area (Å²) in [6.45, 7) is 0. The van der Waals surface area contributed by atoms with Crippen molar-refractivity contribution in [2.24, 2.45) is 0 Å². The van der Waals surface area contributed by atoms with Gasteiger partial charge >= 0.3 is 0 Å². The Hall–Kier alpha value is -1.90. The molecule has 0 spiro atoms. The summed E-state index contributed by atoms with van der Waals surface area (Å²) in [5, 5.41) is 11.8. The summed E-state index contributed by atoms with van der Waals surface area (Å²) in [4.78, 5) is 8.86. The normalized spacial score (nSPS) is 10.4. The molecule has 3 rings (SSSR count). The van der Waals surface area contributed by atoms with E-state index in [4.69, 9.17) is 0 Å². The van der Waals surface area contributed by atoms with Crippen LogP contribution < -0.4 is 0 Å². The number of nitriles is 1. The van der Waals surface area contributed by atoms with Gasteiger partial charge in [-0.05, 0) is 40.2 Å². The summed E-state index contributed by atoms with van der Waals surface area (Å²) in [7, 11) is 0. The van der Waals surface area contributed by atoms with Crippen LogP contribution in [0.25, 0.3) is 10.9 Å². The maximum atomic E-state index is 9.25. The molecule has 20 heavy (non-hydrogen) atoms. The Bertz CT molecular complexity index is 809. The van der Waals surface area contributed by atoms with Crippen LogP contribution >= 0.6 is 27.7 Å². The van der Waals surface area contributed by atoms with E-state index in [0.29, 0.717) is 5.56 Å². The van der Waals surface area contributed by atoms with Gasteiger partial charge in [-0.15, -0.1) is 0 Å². The smallest absolute Gasteiger partial charge is 0.104 e. The summed E-state index contributed by atoms with van der Waals surface area (Å²) in [6, 6.07) is 15.5. The van der Waals surface area contributed by atoms with E-state index in [2.05, 4.69) is 32.0 Å². The average Bonchev–Trinajstić information content (AvgIpc) is 2.49. The van der Waals surface area contributed by atoms with Crippen molar-refractivity contribution in [2.45, 2.75) is 10.1 Å². The summed E-state index contributed by atoms with van der Waals surface area (Å²) in [5.41, 5.74) is 1.46. The van der Waals surface area contributed by atoms with Crippen LogP contribution in [0.1, 0.15) is 5.56 Å². The zero-order valence-electron chi connectivity index (χ0n) is 10.2. The van der Waals surface area contributed by atoms with Crippen molar-refractivity contribution in [3.05, 3.63) is 58.7 Å². The summed E-state index contributed by atoms with van der Waals surface area (Å²) < 4.78 is 0.936. The minimum atomic E-state index is 0.634. The molecule has 0 aliphatic carbocycles. The molecule has 0 saturated carbocycles. The van der Waals surface area contributed by atoms with Gasteiger partial charge in [0.2, 0.25) is 0 Å². The lowest BCUT2D eigenvalue weighted by molar-refractivity contribution is 1.10. The summed E-state index contributed by atoms with van der Waals surface area (Å²) in [6.07, 6.45) is 1.74. The second-order valence-electron chi connectivity index (χ2n) is 4.05. The molecule has 0 bridgehead atoms. The van der Waals surface area contributed by atoms with Crippen LogP contribution in [0.3, 0.4) is 0 Å². The quantitative estimate of drug-likeness (QED) is 0.692. The molecule has 0 unspecified atom stereocenters. The fraction of sp³-hybridized carbons (Fsp3) is 0. The molecule has 2 heterocycles. The fourth-order valence-corrected chi connectivity index (χ4v) is 2.84. The third-order valence-corrected chi connectivity index (χ3v) is 4.06. The van der Waals surface area contributed by atoms with Gasteiger partial charge in [-0.3, -0.25) is 0 Å². The molecule has 0 N–H and O–H groups in total. The third kappa shape index (κ3) is 2.67. The number of hydrogen-bond donors (Lipinski definition) is 0. The third-order valence-electron chi connectivity index (χ3n) is 2.72. The summed E-state index contributed by atoms with van der Waals surface area (Å²) in [5.74, 6) is 0. The highest BCUT2D eigenvalue weighted by atomic mass is 79.9. The van der Waals surface area contributed by atoms with E-state index in [-0.39, 0.29) is 0 Å². The standard InChI is InChI=1S/C15H8BrN3S/c16-11-5-6-14(18-9-11)20-15-7-10(8-17)12-3-1-2-4-13(12)19-15/h1-7,9H. The van der Waals surface area contributed by atoms with Gasteiger partial charge < -0.3 is 0 Å². The van der Waals surface area contributed by atoms with Crippen molar-refractivity contribution in [3.8, 4) is 6.07 Å². The van der Waals surface area contributed by atoms with Gasteiger partial charge in [0, 0.05) is 16.1 Å². The van der Waals surface area contributed by atoms with E-state index >= 15 is 0 Å². The average molecular weight is 342 g/mol. The van der Waals surface area contributed by atoms with Crippen LogP contribution in [0.4, 0.5) is 0 Å². The van der Waals surface area contributed by atoms with Crippen LogP contribution in [-0.4, -0.2) is 9.97 Å². The highest BCUT2D eigenvalue weighted by molar-refractivity contribution is 9.10. The summed E-state index contributed by atoms with van der Waals surface area (Å²) >= 11 is 4.80. The minimum absolute atomic E-state index is 0.634. The lowest BCUT2D eigenvalue weighted by Crippen LogP contribution is -1.88. The molecule has 96 valence electrons. The maximum Gasteiger partial charge on any atom is 0.104 e. The number of fused-ring (bicyclic) bond motifs is 1. The van der Waals surface area contributed by atoms with Crippen molar-refractivity contribution >= 4 is 38.6 Å². The van der Waals surface area contributed by atoms with Gasteiger partial charge in [-0.2, -0.15) is 5.26 Å². The fourth-order valence-electron chi connectivity index (χ4n) is 1.83. The van der Waals surface area contributed by atoms with E-state index in [9.17, 15) is 5.26 Å². The largest absolute Gasteiger partial charge is 0.248 e. The Morgan fingerprint density at radius 2 is 1.95 bits per heavy atom. The van der Waals surface area contributed by atoms with Crippen molar-refractivity contribution in [1.82, 2.24) is 9.97 Å². The Kier molecular flexibility index (Phi) is 3.68. The molecule has 2 aromatic heterocycles. The molecule has 3 nitrogen and oxygen atoms in total. The number of nitrogens with zero attached hydrogens (tertiary/aromatic N) is 3. The lowest BCUT2D eigenvalue weighted by Gasteiger charge is -2.04. The predicted octanol–water partition coefficient (Wildman–Crippen LogP) is 4.42. The first-order valence-corrected chi connectivity index (χ1v) is 7.46. The highest BCUT2D eigenvalue weighted by Gasteiger charge is 2.07. The minimum Gasteiger partial charge on any atom is -0.248 e. The first kappa shape index (κ1) is 13.1. The zero-order chi connectivity index (χ0) is 13.9. The van der Waals surface area contributed by atoms with E-state index in [1.165, 1.54) is 11.8 Å². The molecular weight excluding hydrogens is 334 g/mol. The number of halogens is 1. The molecule has 0 fully saturated rings. The lowest BCUT2D eigenvalue weighted by atomic mass is 10.1. The molecule has 0 amide bonds. The van der Waals surface area contributed by atoms with Crippen LogP contribution in [0.2, 0.25) is 0 Å². The Morgan fingerprint density at radius 3 is 2.70 bits per heavy atom. The van der Waals surface area contributed by atoms with Gasteiger partial charge in [0.25, 0.3) is 0 Å². The van der Waals surface area contributed by atoms with Crippen LogP contribution in [0.15, 0.2) is 63.2 Å². The van der Waals surface area contributed by atoms with Gasteiger partial charge in [-0.1, -0.05) is 30.0 Å². The highest BCUT2D eigenvalue weighted by Crippen LogP contribution is 2.28. The SMILES string of the molecule is N#Cc1cc(Sc2ccc(Br)cn2)nc2ccccc12. The number of rotatable bonds is 2. The zero-order valence-corrected chi connectivity index (χ0v) is 12.6. The number of pyridine rings is 2. The van der Waals surface area contributed by atoms with Crippen LogP contribution in [0, 0.1) is 11.3 Å². The molecule has 0 atom stereocenters. The Labute approximate surface area is 128 Å². The molecule has 0 saturated heterocycles. The molecule has 1 aromatic carbocycles.